The summed E-state index contributed by atoms with van der Waals surface area (Å²) in [5, 5.41) is 28.6. The lowest BCUT2D eigenvalue weighted by molar-refractivity contribution is 0.0695. The topological polar surface area (TPSA) is 163 Å². The first-order chi connectivity index (χ1) is 11.2. The van der Waals surface area contributed by atoms with Gasteiger partial charge in [-0.1, -0.05) is 11.6 Å². The van der Waals surface area contributed by atoms with Gasteiger partial charge in [-0.15, -0.1) is 0 Å². The highest BCUT2D eigenvalue weighted by molar-refractivity contribution is 6.34. The molecular weight excluding hydrogens is 344 g/mol. The van der Waals surface area contributed by atoms with E-state index in [2.05, 4.69) is 0 Å². The molecule has 6 N–H and O–H groups in total. The van der Waals surface area contributed by atoms with Crippen molar-refractivity contribution in [3.8, 4) is 22.6 Å². The average Bonchev–Trinajstić information content (AvgIpc) is 2.44. The van der Waals surface area contributed by atoms with Gasteiger partial charge in [-0.25, -0.2) is 9.59 Å². The Labute approximate surface area is 138 Å². The molecule has 2 aromatic rings. The standard InChI is InChI=1S/C14H11ClN2O7/c1-24-4-2-5(15)7(6(18)3-4)8-9(13(20)21)11(16)17-12(19)10(8)14(22)23/h2-3,18H,1H3,(H,20,21)(H,22,23)(H3,16,17,19). The van der Waals surface area contributed by atoms with Crippen molar-refractivity contribution in [2.75, 3.05) is 12.8 Å². The third kappa shape index (κ3) is 2.72. The second kappa shape index (κ2) is 6.13. The fourth-order valence-electron chi connectivity index (χ4n) is 2.23. The van der Waals surface area contributed by atoms with E-state index in [9.17, 15) is 29.7 Å². The van der Waals surface area contributed by atoms with Crippen LogP contribution in [0.5, 0.6) is 11.5 Å². The van der Waals surface area contributed by atoms with Crippen LogP contribution in [-0.4, -0.2) is 39.4 Å². The van der Waals surface area contributed by atoms with Crippen LogP contribution in [0.15, 0.2) is 16.9 Å². The number of hydrogen-bond donors (Lipinski definition) is 5. The highest BCUT2D eigenvalue weighted by Crippen LogP contribution is 2.42. The van der Waals surface area contributed by atoms with Crippen molar-refractivity contribution in [1.82, 2.24) is 4.98 Å². The maximum Gasteiger partial charge on any atom is 0.342 e. The number of nitrogens with two attached hydrogens (primary N) is 1. The minimum absolute atomic E-state index is 0.146. The minimum Gasteiger partial charge on any atom is -0.507 e. The van der Waals surface area contributed by atoms with Gasteiger partial charge in [0, 0.05) is 17.2 Å². The van der Waals surface area contributed by atoms with E-state index in [1.54, 1.807) is 0 Å². The first-order valence-electron chi connectivity index (χ1n) is 6.28. The molecule has 0 saturated heterocycles. The summed E-state index contributed by atoms with van der Waals surface area (Å²) >= 11 is 6.03. The third-order valence-corrected chi connectivity index (χ3v) is 3.50. The number of carboxylic acids is 2. The van der Waals surface area contributed by atoms with Gasteiger partial charge in [0.25, 0.3) is 5.56 Å². The van der Waals surface area contributed by atoms with Crippen molar-refractivity contribution in [2.24, 2.45) is 0 Å². The number of ether oxygens (including phenoxy) is 1. The van der Waals surface area contributed by atoms with Crippen molar-refractivity contribution in [3.63, 3.8) is 0 Å². The number of methoxy groups -OCH3 is 1. The summed E-state index contributed by atoms with van der Waals surface area (Å²) in [5.41, 5.74) is 1.81. The van der Waals surface area contributed by atoms with Crippen LogP contribution in [0.25, 0.3) is 11.1 Å². The number of aromatic amines is 1. The number of pyridine rings is 1. The lowest BCUT2D eigenvalue weighted by Gasteiger charge is -2.15. The van der Waals surface area contributed by atoms with Gasteiger partial charge in [0.05, 0.1) is 12.1 Å². The fourth-order valence-corrected chi connectivity index (χ4v) is 2.53. The van der Waals surface area contributed by atoms with E-state index < -0.39 is 45.8 Å². The molecule has 0 saturated carbocycles. The number of aromatic hydroxyl groups is 1. The highest BCUT2D eigenvalue weighted by Gasteiger charge is 2.29. The van der Waals surface area contributed by atoms with Crippen LogP contribution in [0.4, 0.5) is 5.82 Å². The minimum atomic E-state index is -1.71. The number of H-pyrrole nitrogens is 1. The molecule has 1 heterocycles. The van der Waals surface area contributed by atoms with E-state index in [1.165, 1.54) is 13.2 Å². The van der Waals surface area contributed by atoms with Gasteiger partial charge in [0.1, 0.15) is 28.4 Å². The van der Waals surface area contributed by atoms with Gasteiger partial charge >= 0.3 is 11.9 Å². The smallest absolute Gasteiger partial charge is 0.342 e. The average molecular weight is 355 g/mol. The zero-order chi connectivity index (χ0) is 18.2. The molecule has 9 nitrogen and oxygen atoms in total. The van der Waals surface area contributed by atoms with Crippen LogP contribution < -0.4 is 16.0 Å². The van der Waals surface area contributed by atoms with Crippen molar-refractivity contribution in [2.45, 2.75) is 0 Å². The molecule has 0 unspecified atom stereocenters. The predicted molar refractivity (Wildman–Crippen MR) is 84.1 cm³/mol. The molecule has 0 fully saturated rings. The van der Waals surface area contributed by atoms with Crippen molar-refractivity contribution in [3.05, 3.63) is 38.6 Å². The summed E-state index contributed by atoms with van der Waals surface area (Å²) in [4.78, 5) is 36.8. The Morgan fingerprint density at radius 3 is 2.21 bits per heavy atom. The Bertz CT molecular complexity index is 897. The number of phenolic OH excluding ortho intramolecular Hbond substituents is 1. The van der Waals surface area contributed by atoms with Gasteiger partial charge in [0.2, 0.25) is 0 Å². The summed E-state index contributed by atoms with van der Waals surface area (Å²) in [7, 11) is 1.31. The molecule has 0 atom stereocenters. The van der Waals surface area contributed by atoms with Crippen LogP contribution in [0.1, 0.15) is 20.7 Å². The normalized spacial score (nSPS) is 10.4. The Kier molecular flexibility index (Phi) is 4.38. The Morgan fingerprint density at radius 2 is 1.75 bits per heavy atom. The van der Waals surface area contributed by atoms with Gasteiger partial charge in [0.15, 0.2) is 0 Å². The molecule has 0 aliphatic heterocycles. The number of benzene rings is 1. The molecular formula is C14H11ClN2O7. The molecule has 2 rings (SSSR count). The second-order valence-corrected chi connectivity index (χ2v) is 5.01. The molecule has 126 valence electrons. The number of phenols is 1. The molecule has 1 aromatic heterocycles. The van der Waals surface area contributed by atoms with Crippen LogP contribution >= 0.6 is 11.6 Å². The molecule has 0 aliphatic rings. The first kappa shape index (κ1) is 17.2. The number of carboxylic acid groups (broad SMARTS) is 2. The SMILES string of the molecule is COc1cc(O)c(-c2c(C(=O)O)c(N)[nH]c(=O)c2C(=O)O)c(Cl)c1. The van der Waals surface area contributed by atoms with E-state index in [4.69, 9.17) is 22.1 Å². The summed E-state index contributed by atoms with van der Waals surface area (Å²) in [6.07, 6.45) is 0. The van der Waals surface area contributed by atoms with Gasteiger partial charge in [-0.2, -0.15) is 0 Å². The Hall–Kier alpha value is -3.20. The number of aromatic nitrogens is 1. The predicted octanol–water partition coefficient (Wildman–Crippen LogP) is 1.39. The van der Waals surface area contributed by atoms with Crippen LogP contribution in [0, 0.1) is 0 Å². The number of anilines is 1. The fraction of sp³-hybridized carbons (Fsp3) is 0.0714. The highest BCUT2D eigenvalue weighted by atomic mass is 35.5. The number of nitrogen functional groups attached to an aromatic ring is 1. The van der Waals surface area contributed by atoms with Crippen LogP contribution in [0.2, 0.25) is 5.02 Å². The maximum atomic E-state index is 11.9. The molecule has 0 bridgehead atoms. The first-order valence-corrected chi connectivity index (χ1v) is 6.66. The van der Waals surface area contributed by atoms with Crippen molar-refractivity contribution in [1.29, 1.82) is 0 Å². The zero-order valence-electron chi connectivity index (χ0n) is 12.1. The quantitative estimate of drug-likeness (QED) is 0.549. The zero-order valence-corrected chi connectivity index (χ0v) is 12.8. The van der Waals surface area contributed by atoms with Crippen molar-refractivity contribution < 1.29 is 29.6 Å². The monoisotopic (exact) mass is 354 g/mol. The summed E-state index contributed by atoms with van der Waals surface area (Å²) < 4.78 is 4.90. The van der Waals surface area contributed by atoms with Gasteiger partial charge in [-0.3, -0.25) is 4.79 Å². The maximum absolute atomic E-state index is 11.9. The number of rotatable bonds is 4. The van der Waals surface area contributed by atoms with E-state index in [0.29, 0.717) is 0 Å². The Morgan fingerprint density at radius 1 is 1.17 bits per heavy atom. The second-order valence-electron chi connectivity index (χ2n) is 4.61. The van der Waals surface area contributed by atoms with Gasteiger partial charge < -0.3 is 30.8 Å². The number of carbonyl (C=O) groups is 2. The van der Waals surface area contributed by atoms with E-state index >= 15 is 0 Å². The molecule has 0 amide bonds. The molecule has 0 aliphatic carbocycles. The molecule has 10 heteroatoms. The lowest BCUT2D eigenvalue weighted by atomic mass is 9.94. The molecule has 24 heavy (non-hydrogen) atoms. The van der Waals surface area contributed by atoms with E-state index in [-0.39, 0.29) is 16.3 Å². The van der Waals surface area contributed by atoms with Crippen LogP contribution in [0.3, 0.4) is 0 Å². The molecule has 0 spiro atoms. The van der Waals surface area contributed by atoms with E-state index in [0.717, 1.165) is 6.07 Å². The number of aromatic carboxylic acids is 2. The van der Waals surface area contributed by atoms with E-state index in [1.807, 2.05) is 4.98 Å². The van der Waals surface area contributed by atoms with Gasteiger partial charge in [-0.05, 0) is 6.07 Å². The van der Waals surface area contributed by atoms with Crippen LogP contribution in [-0.2, 0) is 0 Å². The summed E-state index contributed by atoms with van der Waals surface area (Å²) in [6, 6.07) is 2.32. The lowest BCUT2D eigenvalue weighted by Crippen LogP contribution is -2.24. The Balaban J connectivity index is 3.06. The summed E-state index contributed by atoms with van der Waals surface area (Å²) in [5.74, 6) is -4.31. The number of hydrogen-bond acceptors (Lipinski definition) is 6. The van der Waals surface area contributed by atoms with Crippen molar-refractivity contribution >= 4 is 29.4 Å². The molecule has 0 radical (unpaired) electrons. The largest absolute Gasteiger partial charge is 0.507 e. The summed E-state index contributed by atoms with van der Waals surface area (Å²) in [6.45, 7) is 0. The number of halogens is 1. The number of nitrogens with one attached hydrogen (secondary N) is 1. The molecule has 1 aromatic carbocycles. The third-order valence-electron chi connectivity index (χ3n) is 3.20.